The molecule has 2 atom stereocenters. The van der Waals surface area contributed by atoms with Crippen molar-refractivity contribution < 1.29 is 4.79 Å². The van der Waals surface area contributed by atoms with Gasteiger partial charge in [0.25, 0.3) is 0 Å². The first-order valence-electron chi connectivity index (χ1n) is 8.59. The number of likely N-dealkylation sites (N-methyl/N-ethyl adjacent to an activating group) is 1. The van der Waals surface area contributed by atoms with Gasteiger partial charge in [0.15, 0.2) is 0 Å². The molecule has 4 rings (SSSR count). The van der Waals surface area contributed by atoms with Crippen LogP contribution >= 0.6 is 0 Å². The monoisotopic (exact) mass is 337 g/mol. The van der Waals surface area contributed by atoms with E-state index in [1.54, 1.807) is 0 Å². The van der Waals surface area contributed by atoms with Gasteiger partial charge in [-0.1, -0.05) is 18.2 Å². The number of nitrogens with zero attached hydrogens (tertiary/aromatic N) is 3. The minimum Gasteiger partial charge on any atom is -0.361 e. The molecule has 130 valence electrons. The Hall–Kier alpha value is -2.60. The van der Waals surface area contributed by atoms with Gasteiger partial charge < -0.3 is 15.2 Å². The largest absolute Gasteiger partial charge is 0.361 e. The second kappa shape index (κ2) is 6.04. The van der Waals surface area contributed by atoms with E-state index in [2.05, 4.69) is 46.6 Å². The zero-order chi connectivity index (χ0) is 17.6. The second-order valence-electron chi connectivity index (χ2n) is 6.81. The van der Waals surface area contributed by atoms with Crippen molar-refractivity contribution in [1.29, 1.82) is 0 Å². The molecule has 3 heterocycles. The van der Waals surface area contributed by atoms with Crippen molar-refractivity contribution in [3.63, 3.8) is 0 Å². The number of para-hydroxylation sites is 1. The lowest BCUT2D eigenvalue weighted by atomic mass is 10.0. The first-order valence-corrected chi connectivity index (χ1v) is 8.59. The molecular weight excluding hydrogens is 314 g/mol. The van der Waals surface area contributed by atoms with Crippen LogP contribution in [-0.2, 0) is 18.4 Å². The molecule has 1 aliphatic rings. The topological polar surface area (TPSA) is 66.0 Å². The summed E-state index contributed by atoms with van der Waals surface area (Å²) in [5.74, 6) is 0.170. The van der Waals surface area contributed by atoms with E-state index in [9.17, 15) is 4.79 Å². The summed E-state index contributed by atoms with van der Waals surface area (Å²) in [6.07, 6.45) is 4.36. The molecule has 0 radical (unpaired) electrons. The van der Waals surface area contributed by atoms with Gasteiger partial charge in [-0.3, -0.25) is 9.48 Å². The average Bonchev–Trinajstić information content (AvgIpc) is 3.27. The lowest BCUT2D eigenvalue weighted by molar-refractivity contribution is -0.127. The van der Waals surface area contributed by atoms with Gasteiger partial charge in [0.2, 0.25) is 5.91 Å². The van der Waals surface area contributed by atoms with Crippen molar-refractivity contribution in [3.05, 3.63) is 53.5 Å². The molecule has 0 saturated carbocycles. The summed E-state index contributed by atoms with van der Waals surface area (Å²) in [5.41, 5.74) is 4.59. The van der Waals surface area contributed by atoms with Gasteiger partial charge >= 0.3 is 0 Å². The summed E-state index contributed by atoms with van der Waals surface area (Å²) in [4.78, 5) is 17.5. The molecule has 1 fully saturated rings. The molecule has 1 aliphatic heterocycles. The fraction of sp³-hybridized carbons (Fsp3) is 0.368. The molecule has 6 heteroatoms. The fourth-order valence-corrected chi connectivity index (χ4v) is 3.82. The van der Waals surface area contributed by atoms with Gasteiger partial charge in [-0.15, -0.1) is 0 Å². The maximum absolute atomic E-state index is 12.3. The highest BCUT2D eigenvalue weighted by atomic mass is 16.2. The van der Waals surface area contributed by atoms with E-state index in [1.165, 1.54) is 10.9 Å². The zero-order valence-electron chi connectivity index (χ0n) is 14.8. The highest BCUT2D eigenvalue weighted by Gasteiger charge is 2.39. The van der Waals surface area contributed by atoms with Crippen LogP contribution in [0.3, 0.4) is 0 Å². The number of hydrogen-bond acceptors (Lipinski definition) is 3. The first-order chi connectivity index (χ1) is 12.1. The minimum atomic E-state index is 0.0176. The summed E-state index contributed by atoms with van der Waals surface area (Å²) in [6, 6.07) is 8.46. The Morgan fingerprint density at radius 3 is 2.92 bits per heavy atom. The Morgan fingerprint density at radius 2 is 2.16 bits per heavy atom. The van der Waals surface area contributed by atoms with Gasteiger partial charge in [-0.2, -0.15) is 5.10 Å². The number of aromatic nitrogens is 3. The molecular formula is C19H23N5O. The molecule has 1 saturated heterocycles. The molecule has 0 bridgehead atoms. The molecule has 6 nitrogen and oxygen atoms in total. The maximum Gasteiger partial charge on any atom is 0.224 e. The summed E-state index contributed by atoms with van der Waals surface area (Å²) < 4.78 is 1.86. The third-order valence-corrected chi connectivity index (χ3v) is 5.41. The van der Waals surface area contributed by atoms with E-state index in [0.717, 1.165) is 23.3 Å². The van der Waals surface area contributed by atoms with E-state index in [1.807, 2.05) is 36.1 Å². The normalized spacial score (nSPS) is 20.8. The van der Waals surface area contributed by atoms with Crippen molar-refractivity contribution >= 4 is 16.8 Å². The average molecular weight is 337 g/mol. The highest BCUT2D eigenvalue weighted by molar-refractivity contribution is 5.82. The van der Waals surface area contributed by atoms with Gasteiger partial charge in [0.1, 0.15) is 0 Å². The van der Waals surface area contributed by atoms with E-state index in [4.69, 9.17) is 0 Å². The van der Waals surface area contributed by atoms with Crippen molar-refractivity contribution in [2.45, 2.75) is 32.0 Å². The Morgan fingerprint density at radius 1 is 1.32 bits per heavy atom. The van der Waals surface area contributed by atoms with Crippen molar-refractivity contribution in [3.8, 4) is 0 Å². The van der Waals surface area contributed by atoms with Crippen LogP contribution in [0.15, 0.2) is 36.7 Å². The second-order valence-corrected chi connectivity index (χ2v) is 6.81. The van der Waals surface area contributed by atoms with Crippen LogP contribution in [0.1, 0.15) is 29.3 Å². The van der Waals surface area contributed by atoms with Crippen LogP contribution in [-0.4, -0.2) is 38.7 Å². The Bertz CT molecular complexity index is 925. The van der Waals surface area contributed by atoms with Crippen molar-refractivity contribution in [2.24, 2.45) is 7.05 Å². The van der Waals surface area contributed by atoms with Crippen LogP contribution in [0, 0.1) is 6.92 Å². The number of nitrogens with one attached hydrogen (secondary N) is 2. The standard InChI is InChI=1S/C19H23N5O/c1-12-15(11-22-24(12)3)19-16(9-17(25)23(19)2)21-10-14-6-4-5-13-7-8-20-18(13)14/h4-8,11,16,19-21H,9-10H2,1-3H3/t16-,19+/m1/s1. The molecule has 0 aliphatic carbocycles. The number of hydrogen-bond donors (Lipinski definition) is 2. The summed E-state index contributed by atoms with van der Waals surface area (Å²) in [7, 11) is 3.82. The van der Waals surface area contributed by atoms with E-state index in [-0.39, 0.29) is 18.0 Å². The number of carbonyl (C=O) groups is 1. The Labute approximate surface area is 146 Å². The summed E-state index contributed by atoms with van der Waals surface area (Å²) in [5, 5.41) is 9.17. The third kappa shape index (κ3) is 2.62. The number of fused-ring (bicyclic) bond motifs is 1. The molecule has 2 aromatic heterocycles. The lowest BCUT2D eigenvalue weighted by Crippen LogP contribution is -2.35. The number of aromatic amines is 1. The molecule has 0 spiro atoms. The Kier molecular flexibility index (Phi) is 3.84. The number of benzene rings is 1. The van der Waals surface area contributed by atoms with Crippen molar-refractivity contribution in [1.82, 2.24) is 25.0 Å². The maximum atomic E-state index is 12.3. The van der Waals surface area contributed by atoms with Crippen molar-refractivity contribution in [2.75, 3.05) is 7.05 Å². The zero-order valence-corrected chi connectivity index (χ0v) is 14.8. The van der Waals surface area contributed by atoms with E-state index in [0.29, 0.717) is 6.42 Å². The van der Waals surface area contributed by atoms with Crippen LogP contribution in [0.5, 0.6) is 0 Å². The van der Waals surface area contributed by atoms with Crippen LogP contribution < -0.4 is 5.32 Å². The van der Waals surface area contributed by atoms with E-state index >= 15 is 0 Å². The number of H-pyrrole nitrogens is 1. The van der Waals surface area contributed by atoms with Gasteiger partial charge in [0, 0.05) is 56.1 Å². The predicted molar refractivity (Wildman–Crippen MR) is 97.0 cm³/mol. The molecule has 1 aromatic carbocycles. The highest BCUT2D eigenvalue weighted by Crippen LogP contribution is 2.33. The fourth-order valence-electron chi connectivity index (χ4n) is 3.82. The van der Waals surface area contributed by atoms with E-state index < -0.39 is 0 Å². The lowest BCUT2D eigenvalue weighted by Gasteiger charge is -2.25. The Balaban J connectivity index is 1.59. The first kappa shape index (κ1) is 15.9. The summed E-state index contributed by atoms with van der Waals surface area (Å²) in [6.45, 7) is 2.77. The SMILES string of the molecule is Cc1c([C@H]2[C@H](NCc3cccc4cc[nH]c34)CC(=O)N2C)cnn1C. The van der Waals surface area contributed by atoms with Gasteiger partial charge in [-0.25, -0.2) is 0 Å². The van der Waals surface area contributed by atoms with Crippen LogP contribution in [0.2, 0.25) is 0 Å². The molecule has 2 N–H and O–H groups in total. The van der Waals surface area contributed by atoms with Crippen LogP contribution in [0.4, 0.5) is 0 Å². The molecule has 25 heavy (non-hydrogen) atoms. The smallest absolute Gasteiger partial charge is 0.224 e. The molecule has 1 amide bonds. The summed E-state index contributed by atoms with van der Waals surface area (Å²) >= 11 is 0. The number of carbonyl (C=O) groups excluding carboxylic acids is 1. The molecule has 3 aromatic rings. The van der Waals surface area contributed by atoms with Gasteiger partial charge in [-0.05, 0) is 23.9 Å². The number of rotatable bonds is 4. The number of amides is 1. The van der Waals surface area contributed by atoms with Gasteiger partial charge in [0.05, 0.1) is 12.2 Å². The minimum absolute atomic E-state index is 0.0176. The number of likely N-dealkylation sites (tertiary alicyclic amines) is 1. The number of aryl methyl sites for hydroxylation is 1. The molecule has 0 unspecified atom stereocenters. The quantitative estimate of drug-likeness (QED) is 0.767. The predicted octanol–water partition coefficient (Wildman–Crippen LogP) is 2.27. The third-order valence-electron chi connectivity index (χ3n) is 5.41. The van der Waals surface area contributed by atoms with Crippen LogP contribution in [0.25, 0.3) is 10.9 Å².